The van der Waals surface area contributed by atoms with Crippen LogP contribution in [0.1, 0.15) is 22.9 Å². The summed E-state index contributed by atoms with van der Waals surface area (Å²) in [6.45, 7) is 0. The van der Waals surface area contributed by atoms with Gasteiger partial charge in [-0.15, -0.1) is 0 Å². The number of aliphatic imine (C=N–C) groups is 2. The average molecular weight is 858 g/mol. The van der Waals surface area contributed by atoms with Crippen molar-refractivity contribution in [2.45, 2.75) is 6.17 Å². The van der Waals surface area contributed by atoms with E-state index < -0.39 is 6.17 Å². The molecule has 3 aromatic heterocycles. The largest absolute Gasteiger partial charge is 0.454 e. The summed E-state index contributed by atoms with van der Waals surface area (Å²) >= 11 is 0. The number of hydrogen-bond donors (Lipinski definition) is 1. The predicted octanol–water partition coefficient (Wildman–Crippen LogP) is 15.1. The Bertz CT molecular complexity index is 4180. The maximum Gasteiger partial charge on any atom is 0.159 e. The van der Waals surface area contributed by atoms with Gasteiger partial charge in [0.05, 0.1) is 27.8 Å². The second kappa shape index (κ2) is 14.8. The van der Waals surface area contributed by atoms with Crippen molar-refractivity contribution in [3.63, 3.8) is 0 Å². The number of nitrogens with one attached hydrogen (secondary N) is 1. The molecule has 67 heavy (non-hydrogen) atoms. The molecule has 1 unspecified atom stereocenters. The standard InChI is InChI=1S/C61H39N5O/c1-3-15-38(16-4-1)39-27-29-40(30-28-39)59-62-60(43-31-32-48-46-21-9-12-24-52(46)65(54(48)36-43)45-19-5-2-6-20-45)64-61(63-59)44-34-51-49-23-11-14-26-57(49)67-58(51)56(37-44)66-53-25-13-10-22-47(53)50-33-41-17-7-8-18-42(41)35-55(50)66/h1-37,60H,(H,62,63,64). The second-order valence-electron chi connectivity index (χ2n) is 17.4. The van der Waals surface area contributed by atoms with Crippen molar-refractivity contribution in [3.05, 3.63) is 241 Å². The number of aromatic nitrogens is 2. The van der Waals surface area contributed by atoms with Gasteiger partial charge in [0, 0.05) is 49.1 Å². The van der Waals surface area contributed by atoms with Gasteiger partial charge >= 0.3 is 0 Å². The SMILES string of the molecule is c1ccc(-c2ccc(C3=NC(c4cc(-n5c6ccccc6c6cc7ccccc7cc65)c5oc6ccccc6c5c4)=NC(c4ccc5c6ccccc6n(-c6ccccc6)c5c4)N3)cc2)cc1. The van der Waals surface area contributed by atoms with Crippen molar-refractivity contribution in [1.29, 1.82) is 0 Å². The van der Waals surface area contributed by atoms with Gasteiger partial charge in [-0.25, -0.2) is 9.98 Å². The fraction of sp³-hybridized carbons (Fsp3) is 0.0164. The molecular weight excluding hydrogens is 819 g/mol. The van der Waals surface area contributed by atoms with E-state index in [9.17, 15) is 0 Å². The quantitative estimate of drug-likeness (QED) is 0.181. The van der Waals surface area contributed by atoms with Crippen LogP contribution in [0, 0.1) is 0 Å². The highest BCUT2D eigenvalue weighted by atomic mass is 16.3. The first kappa shape index (κ1) is 37.4. The summed E-state index contributed by atoms with van der Waals surface area (Å²) in [6, 6.07) is 79.8. The Hall–Kier alpha value is -9.00. The van der Waals surface area contributed by atoms with E-state index >= 15 is 0 Å². The Morgan fingerprint density at radius 2 is 1.00 bits per heavy atom. The number of hydrogen-bond acceptors (Lipinski definition) is 4. The number of para-hydroxylation sites is 4. The van der Waals surface area contributed by atoms with Crippen LogP contribution >= 0.6 is 0 Å². The van der Waals surface area contributed by atoms with Crippen LogP contribution in [0.2, 0.25) is 0 Å². The van der Waals surface area contributed by atoms with Gasteiger partial charge in [-0.05, 0) is 88.1 Å². The molecule has 0 radical (unpaired) electrons. The molecule has 0 fully saturated rings. The molecule has 1 aliphatic rings. The van der Waals surface area contributed by atoms with Crippen LogP contribution in [-0.4, -0.2) is 20.8 Å². The van der Waals surface area contributed by atoms with E-state index in [1.165, 1.54) is 37.9 Å². The Balaban J connectivity index is 1.01. The highest BCUT2D eigenvalue weighted by molar-refractivity contribution is 6.19. The third-order valence-corrected chi connectivity index (χ3v) is 13.5. The molecule has 14 rings (SSSR count). The summed E-state index contributed by atoms with van der Waals surface area (Å²) in [7, 11) is 0. The van der Waals surface area contributed by atoms with E-state index in [0.717, 1.165) is 83.5 Å². The summed E-state index contributed by atoms with van der Waals surface area (Å²) in [5.74, 6) is 1.38. The Morgan fingerprint density at radius 1 is 0.403 bits per heavy atom. The second-order valence-corrected chi connectivity index (χ2v) is 17.4. The van der Waals surface area contributed by atoms with Gasteiger partial charge in [-0.3, -0.25) is 0 Å². The van der Waals surface area contributed by atoms with E-state index in [1.807, 2.05) is 6.07 Å². The highest BCUT2D eigenvalue weighted by Crippen LogP contribution is 2.41. The first-order valence-corrected chi connectivity index (χ1v) is 22.8. The lowest BCUT2D eigenvalue weighted by Crippen LogP contribution is -2.33. The maximum atomic E-state index is 6.87. The zero-order chi connectivity index (χ0) is 44.0. The van der Waals surface area contributed by atoms with Gasteiger partial charge in [0.15, 0.2) is 11.4 Å². The Morgan fingerprint density at radius 3 is 1.79 bits per heavy atom. The predicted molar refractivity (Wildman–Crippen MR) is 277 cm³/mol. The number of furan rings is 1. The van der Waals surface area contributed by atoms with E-state index in [2.05, 4.69) is 233 Å². The summed E-state index contributed by atoms with van der Waals surface area (Å²) in [4.78, 5) is 11.0. The lowest BCUT2D eigenvalue weighted by Gasteiger charge is -2.24. The molecule has 0 saturated heterocycles. The van der Waals surface area contributed by atoms with E-state index in [4.69, 9.17) is 14.4 Å². The Labute approximate surface area is 385 Å². The summed E-state index contributed by atoms with van der Waals surface area (Å²) in [6.07, 6.45) is -0.456. The molecule has 6 heteroatoms. The third-order valence-electron chi connectivity index (χ3n) is 13.5. The minimum absolute atomic E-state index is 0.456. The third kappa shape index (κ3) is 5.97. The zero-order valence-electron chi connectivity index (χ0n) is 36.1. The van der Waals surface area contributed by atoms with Crippen molar-refractivity contribution in [2.75, 3.05) is 0 Å². The topological polar surface area (TPSA) is 59.8 Å². The van der Waals surface area contributed by atoms with E-state index in [-0.39, 0.29) is 0 Å². The van der Waals surface area contributed by atoms with Gasteiger partial charge in [-0.1, -0.05) is 164 Å². The van der Waals surface area contributed by atoms with Crippen LogP contribution in [0.5, 0.6) is 0 Å². The zero-order valence-corrected chi connectivity index (χ0v) is 36.1. The highest BCUT2D eigenvalue weighted by Gasteiger charge is 2.26. The van der Waals surface area contributed by atoms with Crippen molar-refractivity contribution < 1.29 is 4.42 Å². The van der Waals surface area contributed by atoms with Crippen LogP contribution in [-0.2, 0) is 0 Å². The summed E-state index contributed by atoms with van der Waals surface area (Å²) in [5.41, 5.74) is 13.4. The monoisotopic (exact) mass is 857 g/mol. The fourth-order valence-corrected chi connectivity index (χ4v) is 10.4. The molecule has 0 spiro atoms. The minimum Gasteiger partial charge on any atom is -0.454 e. The number of fused-ring (bicyclic) bond motifs is 10. The molecule has 6 nitrogen and oxygen atoms in total. The smallest absolute Gasteiger partial charge is 0.159 e. The van der Waals surface area contributed by atoms with Crippen LogP contribution in [0.4, 0.5) is 0 Å². The van der Waals surface area contributed by atoms with Crippen molar-refractivity contribution in [1.82, 2.24) is 14.5 Å². The molecular formula is C61H39N5O. The van der Waals surface area contributed by atoms with Crippen LogP contribution < -0.4 is 5.32 Å². The Kier molecular flexibility index (Phi) is 8.24. The van der Waals surface area contributed by atoms with Gasteiger partial charge in [-0.2, -0.15) is 0 Å². The maximum absolute atomic E-state index is 6.87. The molecule has 0 amide bonds. The van der Waals surface area contributed by atoms with Crippen LogP contribution in [0.3, 0.4) is 0 Å². The van der Waals surface area contributed by atoms with Gasteiger partial charge in [0.2, 0.25) is 0 Å². The van der Waals surface area contributed by atoms with Crippen LogP contribution in [0.25, 0.3) is 98.8 Å². The fourth-order valence-electron chi connectivity index (χ4n) is 10.4. The van der Waals surface area contributed by atoms with Gasteiger partial charge < -0.3 is 18.9 Å². The van der Waals surface area contributed by atoms with Crippen molar-refractivity contribution in [2.24, 2.45) is 9.98 Å². The van der Waals surface area contributed by atoms with Gasteiger partial charge in [0.25, 0.3) is 0 Å². The molecule has 4 heterocycles. The van der Waals surface area contributed by atoms with Crippen molar-refractivity contribution in [3.8, 4) is 22.5 Å². The molecule has 0 bridgehead atoms. The van der Waals surface area contributed by atoms with Crippen LogP contribution in [0.15, 0.2) is 239 Å². The lowest BCUT2D eigenvalue weighted by molar-refractivity contribution is 0.666. The number of rotatable bonds is 6. The van der Waals surface area contributed by atoms with Gasteiger partial charge in [0.1, 0.15) is 17.6 Å². The molecule has 1 aliphatic heterocycles. The number of benzene rings is 10. The molecule has 0 aliphatic carbocycles. The average Bonchev–Trinajstić information content (AvgIpc) is 4.05. The molecule has 13 aromatic rings. The molecule has 1 atom stereocenters. The first-order chi connectivity index (χ1) is 33.2. The first-order valence-electron chi connectivity index (χ1n) is 22.8. The number of amidine groups is 2. The molecule has 10 aromatic carbocycles. The number of nitrogens with zero attached hydrogens (tertiary/aromatic N) is 4. The van der Waals surface area contributed by atoms with Crippen molar-refractivity contribution >= 4 is 88.0 Å². The minimum atomic E-state index is -0.456. The lowest BCUT2D eigenvalue weighted by atomic mass is 10.0. The summed E-state index contributed by atoms with van der Waals surface area (Å²) < 4.78 is 11.6. The molecule has 1 N–H and O–H groups in total. The van der Waals surface area contributed by atoms with E-state index in [0.29, 0.717) is 5.84 Å². The normalized spacial score (nSPS) is 14.1. The van der Waals surface area contributed by atoms with E-state index in [1.54, 1.807) is 0 Å². The summed E-state index contributed by atoms with van der Waals surface area (Å²) in [5, 5.41) is 13.0. The molecule has 314 valence electrons. The molecule has 0 saturated carbocycles.